The van der Waals surface area contributed by atoms with E-state index in [0.717, 1.165) is 0 Å². The minimum atomic E-state index is -5.16. The van der Waals surface area contributed by atoms with Gasteiger partial charge in [-0.2, -0.15) is 8.42 Å². The molecular weight excluding hydrogens is 358 g/mol. The first-order valence-corrected chi connectivity index (χ1v) is 8.81. The molecule has 0 aromatic heterocycles. The average Bonchev–Trinajstić information content (AvgIpc) is 2.35. The van der Waals surface area contributed by atoms with Gasteiger partial charge in [-0.05, 0) is 24.7 Å². The van der Waals surface area contributed by atoms with Crippen LogP contribution in [0.15, 0.2) is 0 Å². The van der Waals surface area contributed by atoms with Gasteiger partial charge in [0.1, 0.15) is 5.25 Å². The van der Waals surface area contributed by atoms with E-state index in [1.165, 1.54) is 0 Å². The molecule has 0 saturated heterocycles. The van der Waals surface area contributed by atoms with Gasteiger partial charge in [-0.15, -0.1) is 0 Å². The molecular formula is C14H24Na2O7S. The molecule has 0 bridgehead atoms. The molecule has 0 saturated carbocycles. The van der Waals surface area contributed by atoms with Crippen LogP contribution in [0.4, 0.5) is 0 Å². The zero-order valence-corrected chi connectivity index (χ0v) is 20.2. The molecule has 3 atom stereocenters. The van der Waals surface area contributed by atoms with Crippen LogP contribution in [-0.2, 0) is 19.7 Å². The SMILES string of the molecule is CCC(C)CC(CC(C)CC)(C(=O)[O-])C(C(=O)[O-])S(=O)(=O)O.[Na+].[Na+]. The molecule has 130 valence electrons. The monoisotopic (exact) mass is 382 g/mol. The smallest absolute Gasteiger partial charge is 0.549 e. The Labute approximate surface area is 188 Å². The van der Waals surface area contributed by atoms with Gasteiger partial charge in [0.2, 0.25) is 0 Å². The van der Waals surface area contributed by atoms with Crippen molar-refractivity contribution in [2.24, 2.45) is 17.3 Å². The van der Waals surface area contributed by atoms with Gasteiger partial charge in [0.05, 0.1) is 5.97 Å². The van der Waals surface area contributed by atoms with Crippen molar-refractivity contribution in [2.45, 2.75) is 58.6 Å². The van der Waals surface area contributed by atoms with Crippen molar-refractivity contribution in [2.75, 3.05) is 0 Å². The molecule has 0 aliphatic carbocycles. The number of hydrogen-bond acceptors (Lipinski definition) is 6. The fraction of sp³-hybridized carbons (Fsp3) is 0.857. The second-order valence-electron chi connectivity index (χ2n) is 6.09. The Morgan fingerprint density at radius 1 is 1.00 bits per heavy atom. The summed E-state index contributed by atoms with van der Waals surface area (Å²) in [4.78, 5) is 23.0. The predicted octanol–water partition coefficient (Wildman–Crippen LogP) is -6.39. The van der Waals surface area contributed by atoms with E-state index >= 15 is 0 Å². The molecule has 0 aliphatic heterocycles. The summed E-state index contributed by atoms with van der Waals surface area (Å²) in [6.07, 6.45) is 0.602. The number of carbonyl (C=O) groups excluding carboxylic acids is 2. The van der Waals surface area contributed by atoms with Crippen LogP contribution in [0.2, 0.25) is 0 Å². The van der Waals surface area contributed by atoms with Gasteiger partial charge in [0, 0.05) is 11.4 Å². The Morgan fingerprint density at radius 3 is 1.50 bits per heavy atom. The molecule has 3 unspecified atom stereocenters. The molecule has 0 heterocycles. The minimum absolute atomic E-state index is 0. The molecule has 0 fully saturated rings. The number of rotatable bonds is 10. The third-order valence-corrected chi connectivity index (χ3v) is 5.48. The Bertz CT molecular complexity index is 495. The molecule has 7 nitrogen and oxygen atoms in total. The van der Waals surface area contributed by atoms with Crippen molar-refractivity contribution in [3.8, 4) is 0 Å². The summed E-state index contributed by atoms with van der Waals surface area (Å²) in [5.74, 6) is -4.44. The molecule has 0 spiro atoms. The van der Waals surface area contributed by atoms with Crippen molar-refractivity contribution in [3.63, 3.8) is 0 Å². The number of carboxylic acid groups (broad SMARTS) is 2. The molecule has 0 aromatic rings. The molecule has 0 aliphatic rings. The summed E-state index contributed by atoms with van der Waals surface area (Å²) in [6, 6.07) is 0. The van der Waals surface area contributed by atoms with E-state index in [-0.39, 0.29) is 83.8 Å². The van der Waals surface area contributed by atoms with Gasteiger partial charge in [-0.1, -0.05) is 40.5 Å². The molecule has 24 heavy (non-hydrogen) atoms. The van der Waals surface area contributed by atoms with Crippen LogP contribution in [0.5, 0.6) is 0 Å². The second-order valence-corrected chi connectivity index (χ2v) is 7.59. The Kier molecular flexibility index (Phi) is 15.1. The average molecular weight is 382 g/mol. The maximum absolute atomic E-state index is 11.7. The molecule has 0 radical (unpaired) electrons. The summed E-state index contributed by atoms with van der Waals surface area (Å²) >= 11 is 0. The second kappa shape index (κ2) is 12.3. The van der Waals surface area contributed by atoms with Gasteiger partial charge < -0.3 is 19.8 Å². The fourth-order valence-electron chi connectivity index (χ4n) is 2.74. The normalized spacial score (nSPS) is 17.4. The van der Waals surface area contributed by atoms with E-state index in [1.807, 2.05) is 0 Å². The summed E-state index contributed by atoms with van der Waals surface area (Å²) in [6.45, 7) is 6.92. The van der Waals surface area contributed by atoms with E-state index in [1.54, 1.807) is 27.7 Å². The molecule has 10 heteroatoms. The number of hydrogen-bond donors (Lipinski definition) is 1. The maximum Gasteiger partial charge on any atom is 1.00 e. The third kappa shape index (κ3) is 8.03. The first-order valence-electron chi connectivity index (χ1n) is 7.30. The zero-order chi connectivity index (χ0) is 17.7. The van der Waals surface area contributed by atoms with E-state index < -0.39 is 32.7 Å². The van der Waals surface area contributed by atoms with Gasteiger partial charge in [0.25, 0.3) is 10.1 Å². The van der Waals surface area contributed by atoms with Crippen LogP contribution in [0.3, 0.4) is 0 Å². The van der Waals surface area contributed by atoms with Crippen LogP contribution in [-0.4, -0.2) is 30.2 Å². The Morgan fingerprint density at radius 2 is 1.33 bits per heavy atom. The topological polar surface area (TPSA) is 135 Å². The van der Waals surface area contributed by atoms with E-state index in [9.17, 15) is 32.8 Å². The van der Waals surface area contributed by atoms with Crippen molar-refractivity contribution in [3.05, 3.63) is 0 Å². The van der Waals surface area contributed by atoms with Crippen LogP contribution in [0, 0.1) is 17.3 Å². The Hall–Kier alpha value is 0.850. The van der Waals surface area contributed by atoms with Crippen molar-refractivity contribution in [1.82, 2.24) is 0 Å². The van der Waals surface area contributed by atoms with Gasteiger partial charge >= 0.3 is 59.1 Å². The van der Waals surface area contributed by atoms with Gasteiger partial charge in [-0.25, -0.2) is 0 Å². The maximum atomic E-state index is 11.7. The van der Waals surface area contributed by atoms with E-state index in [4.69, 9.17) is 0 Å². The first kappa shape index (κ1) is 29.6. The third-order valence-electron chi connectivity index (χ3n) is 4.24. The summed E-state index contributed by atoms with van der Waals surface area (Å²) < 4.78 is 32.3. The first-order chi connectivity index (χ1) is 9.92. The fourth-order valence-corrected chi connectivity index (χ4v) is 3.84. The standard InChI is InChI=1S/C14H26O7S.2Na/c1-5-9(3)7-14(13(17)18,8-10(4)6-2)11(12(15)16)22(19,20)21;;/h9-11H,5-8H2,1-4H3,(H,15,16)(H,17,18)(H,19,20,21);;/q;2*+1/p-2. The zero-order valence-electron chi connectivity index (χ0n) is 15.4. The quantitative estimate of drug-likeness (QED) is 0.293. The van der Waals surface area contributed by atoms with Crippen molar-refractivity contribution >= 4 is 22.1 Å². The Balaban J connectivity index is -0.00000220. The summed E-state index contributed by atoms with van der Waals surface area (Å²) in [5.41, 5.74) is -2.22. The predicted molar refractivity (Wildman–Crippen MR) is 75.9 cm³/mol. The molecule has 0 amide bonds. The summed E-state index contributed by atoms with van der Waals surface area (Å²) in [7, 11) is -5.16. The molecule has 0 rings (SSSR count). The van der Waals surface area contributed by atoms with E-state index in [0.29, 0.717) is 12.8 Å². The van der Waals surface area contributed by atoms with Crippen LogP contribution in [0.25, 0.3) is 0 Å². The van der Waals surface area contributed by atoms with E-state index in [2.05, 4.69) is 0 Å². The van der Waals surface area contributed by atoms with Crippen LogP contribution in [0.1, 0.15) is 53.4 Å². The largest absolute Gasteiger partial charge is 1.00 e. The van der Waals surface area contributed by atoms with Crippen LogP contribution < -0.4 is 69.3 Å². The molecule has 0 aromatic carbocycles. The molecule has 1 N–H and O–H groups in total. The number of carbonyl (C=O) groups is 2. The number of carboxylic acids is 2. The summed E-state index contributed by atoms with van der Waals surface area (Å²) in [5, 5.41) is 20.5. The van der Waals surface area contributed by atoms with Crippen LogP contribution >= 0.6 is 0 Å². The van der Waals surface area contributed by atoms with Crippen molar-refractivity contribution in [1.29, 1.82) is 0 Å². The minimum Gasteiger partial charge on any atom is -0.549 e. The van der Waals surface area contributed by atoms with Gasteiger partial charge in [-0.3, -0.25) is 4.55 Å². The van der Waals surface area contributed by atoms with Crippen molar-refractivity contribution < 1.29 is 91.9 Å². The number of aliphatic carboxylic acids is 2. The van der Waals surface area contributed by atoms with Gasteiger partial charge in [0.15, 0.2) is 0 Å².